The zero-order valence-electron chi connectivity index (χ0n) is 12.3. The summed E-state index contributed by atoms with van der Waals surface area (Å²) in [4.78, 5) is 14.2. The number of carbonyl (C=O) groups is 1. The molecular weight excluding hydrogens is 285 g/mol. The van der Waals surface area contributed by atoms with Gasteiger partial charge in [0.15, 0.2) is 0 Å². The molecule has 0 radical (unpaired) electrons. The average molecular weight is 307 g/mol. The summed E-state index contributed by atoms with van der Waals surface area (Å²) in [5.74, 6) is 0.651. The fraction of sp³-hybridized carbons (Fsp3) is 0.588. The van der Waals surface area contributed by atoms with Crippen LogP contribution in [0, 0.1) is 11.2 Å². The Morgan fingerprint density at radius 3 is 2.67 bits per heavy atom. The molecule has 0 N–H and O–H groups in total. The van der Waals surface area contributed by atoms with E-state index in [4.69, 9.17) is 0 Å². The molecular formula is C17H22FNOS. The van der Waals surface area contributed by atoms with Crippen LogP contribution in [0.15, 0.2) is 18.2 Å². The molecule has 1 saturated carbocycles. The standard InChI is InChI=1S/C17H22FNOS/c18-14-6-4-13-5-7-16(20)19(15(13)10-14)11-17(12-21)8-2-1-3-9-17/h4,6,10,21H,1-3,5,7-9,11-12H2. The third kappa shape index (κ3) is 2.96. The maximum absolute atomic E-state index is 13.6. The second kappa shape index (κ2) is 5.99. The van der Waals surface area contributed by atoms with Crippen LogP contribution in [0.1, 0.15) is 44.1 Å². The minimum absolute atomic E-state index is 0.0952. The van der Waals surface area contributed by atoms with E-state index in [0.29, 0.717) is 13.0 Å². The highest BCUT2D eigenvalue weighted by Gasteiger charge is 2.36. The number of hydrogen-bond acceptors (Lipinski definition) is 2. The normalized spacial score (nSPS) is 21.2. The Balaban J connectivity index is 1.90. The molecule has 2 aliphatic rings. The van der Waals surface area contributed by atoms with Gasteiger partial charge in [0.2, 0.25) is 5.91 Å². The molecule has 0 saturated heterocycles. The molecule has 0 atom stereocenters. The van der Waals surface area contributed by atoms with Gasteiger partial charge in [-0.1, -0.05) is 25.3 Å². The van der Waals surface area contributed by atoms with E-state index in [9.17, 15) is 9.18 Å². The van der Waals surface area contributed by atoms with Gasteiger partial charge in [-0.25, -0.2) is 4.39 Å². The van der Waals surface area contributed by atoms with E-state index in [1.54, 1.807) is 0 Å². The predicted molar refractivity (Wildman–Crippen MR) is 86.4 cm³/mol. The lowest BCUT2D eigenvalue weighted by Gasteiger charge is -2.42. The van der Waals surface area contributed by atoms with E-state index in [0.717, 1.165) is 36.3 Å². The summed E-state index contributed by atoms with van der Waals surface area (Å²) in [6, 6.07) is 4.82. The Bertz CT molecular complexity index is 540. The van der Waals surface area contributed by atoms with Crippen LogP contribution in [0.25, 0.3) is 0 Å². The van der Waals surface area contributed by atoms with Crippen molar-refractivity contribution in [1.82, 2.24) is 0 Å². The van der Waals surface area contributed by atoms with Crippen molar-refractivity contribution in [2.45, 2.75) is 44.9 Å². The van der Waals surface area contributed by atoms with E-state index in [2.05, 4.69) is 12.6 Å². The molecule has 0 spiro atoms. The van der Waals surface area contributed by atoms with Crippen LogP contribution >= 0.6 is 12.6 Å². The number of benzene rings is 1. The van der Waals surface area contributed by atoms with Gasteiger partial charge in [0.25, 0.3) is 0 Å². The molecule has 2 nitrogen and oxygen atoms in total. The molecule has 0 unspecified atom stereocenters. The first-order valence-electron chi connectivity index (χ1n) is 7.83. The zero-order chi connectivity index (χ0) is 14.9. The van der Waals surface area contributed by atoms with Crippen molar-refractivity contribution in [2.75, 3.05) is 17.2 Å². The number of nitrogens with zero attached hydrogens (tertiary/aromatic N) is 1. The Hall–Kier alpha value is -1.03. The van der Waals surface area contributed by atoms with Crippen LogP contribution < -0.4 is 4.90 Å². The second-order valence-electron chi connectivity index (χ2n) is 6.47. The van der Waals surface area contributed by atoms with E-state index in [-0.39, 0.29) is 17.1 Å². The molecule has 4 heteroatoms. The molecule has 1 aliphatic carbocycles. The minimum atomic E-state index is -0.267. The first-order valence-corrected chi connectivity index (χ1v) is 8.46. The van der Waals surface area contributed by atoms with Gasteiger partial charge in [0.05, 0.1) is 0 Å². The summed E-state index contributed by atoms with van der Waals surface area (Å²) in [5.41, 5.74) is 1.96. The van der Waals surface area contributed by atoms with Crippen molar-refractivity contribution in [3.8, 4) is 0 Å². The first kappa shape index (κ1) is 14.9. The fourth-order valence-corrected chi connectivity index (χ4v) is 4.10. The summed E-state index contributed by atoms with van der Waals surface area (Å²) in [6.45, 7) is 0.686. The molecule has 1 aromatic carbocycles. The lowest BCUT2D eigenvalue weighted by atomic mass is 9.74. The van der Waals surface area contributed by atoms with Crippen molar-refractivity contribution < 1.29 is 9.18 Å². The van der Waals surface area contributed by atoms with Crippen LogP contribution in [-0.2, 0) is 11.2 Å². The number of rotatable bonds is 3. The Labute approximate surface area is 131 Å². The maximum Gasteiger partial charge on any atom is 0.227 e. The van der Waals surface area contributed by atoms with Crippen molar-refractivity contribution >= 4 is 24.2 Å². The Morgan fingerprint density at radius 2 is 1.95 bits per heavy atom. The molecule has 1 aliphatic heterocycles. The van der Waals surface area contributed by atoms with Gasteiger partial charge in [-0.2, -0.15) is 12.6 Å². The van der Waals surface area contributed by atoms with Crippen molar-refractivity contribution in [3.63, 3.8) is 0 Å². The Morgan fingerprint density at radius 1 is 1.19 bits per heavy atom. The number of fused-ring (bicyclic) bond motifs is 1. The molecule has 3 rings (SSSR count). The van der Waals surface area contributed by atoms with Gasteiger partial charge in [-0.05, 0) is 48.1 Å². The average Bonchev–Trinajstić information content (AvgIpc) is 2.51. The highest BCUT2D eigenvalue weighted by molar-refractivity contribution is 7.80. The predicted octanol–water partition coefficient (Wildman–Crippen LogP) is 3.99. The number of carbonyl (C=O) groups excluding carboxylic acids is 1. The summed E-state index contributed by atoms with van der Waals surface area (Å²) >= 11 is 4.56. The van der Waals surface area contributed by atoms with Crippen molar-refractivity contribution in [2.24, 2.45) is 5.41 Å². The summed E-state index contributed by atoms with van der Waals surface area (Å²) in [7, 11) is 0. The maximum atomic E-state index is 13.6. The van der Waals surface area contributed by atoms with Gasteiger partial charge in [0.1, 0.15) is 5.82 Å². The smallest absolute Gasteiger partial charge is 0.227 e. The number of aryl methyl sites for hydroxylation is 1. The van der Waals surface area contributed by atoms with E-state index in [1.807, 2.05) is 11.0 Å². The zero-order valence-corrected chi connectivity index (χ0v) is 13.2. The van der Waals surface area contributed by atoms with E-state index in [1.165, 1.54) is 31.4 Å². The Kier molecular flexibility index (Phi) is 4.25. The van der Waals surface area contributed by atoms with Gasteiger partial charge in [-0.3, -0.25) is 4.79 Å². The molecule has 1 aromatic rings. The highest BCUT2D eigenvalue weighted by atomic mass is 32.1. The van der Waals surface area contributed by atoms with E-state index < -0.39 is 0 Å². The van der Waals surface area contributed by atoms with Gasteiger partial charge in [-0.15, -0.1) is 0 Å². The monoisotopic (exact) mass is 307 g/mol. The van der Waals surface area contributed by atoms with Gasteiger partial charge < -0.3 is 4.90 Å². The van der Waals surface area contributed by atoms with Gasteiger partial charge >= 0.3 is 0 Å². The third-order valence-corrected chi connectivity index (χ3v) is 5.66. The lowest BCUT2D eigenvalue weighted by molar-refractivity contribution is -0.119. The SMILES string of the molecule is O=C1CCc2ccc(F)cc2N1CC1(CS)CCCCC1. The topological polar surface area (TPSA) is 20.3 Å². The second-order valence-corrected chi connectivity index (χ2v) is 6.79. The van der Waals surface area contributed by atoms with Crippen LogP contribution in [0.2, 0.25) is 0 Å². The van der Waals surface area contributed by atoms with E-state index >= 15 is 0 Å². The molecule has 21 heavy (non-hydrogen) atoms. The quantitative estimate of drug-likeness (QED) is 0.837. The van der Waals surface area contributed by atoms with Crippen molar-refractivity contribution in [1.29, 1.82) is 0 Å². The molecule has 114 valence electrons. The van der Waals surface area contributed by atoms with Crippen LogP contribution in [0.3, 0.4) is 0 Å². The lowest BCUT2D eigenvalue weighted by Crippen LogP contribution is -2.45. The van der Waals surface area contributed by atoms with Crippen LogP contribution in [-0.4, -0.2) is 18.2 Å². The van der Waals surface area contributed by atoms with Crippen LogP contribution in [0.5, 0.6) is 0 Å². The molecule has 1 amide bonds. The summed E-state index contributed by atoms with van der Waals surface area (Å²) in [6.07, 6.45) is 7.17. The third-order valence-electron chi connectivity index (χ3n) is 4.99. The number of halogens is 1. The fourth-order valence-electron chi connectivity index (χ4n) is 3.69. The summed E-state index contributed by atoms with van der Waals surface area (Å²) in [5, 5.41) is 0. The number of hydrogen-bond donors (Lipinski definition) is 1. The van der Waals surface area contributed by atoms with Crippen molar-refractivity contribution in [3.05, 3.63) is 29.6 Å². The first-order chi connectivity index (χ1) is 10.1. The number of amides is 1. The molecule has 1 heterocycles. The largest absolute Gasteiger partial charge is 0.311 e. The molecule has 0 bridgehead atoms. The molecule has 1 fully saturated rings. The minimum Gasteiger partial charge on any atom is -0.311 e. The molecule has 0 aromatic heterocycles. The van der Waals surface area contributed by atoms with Gasteiger partial charge in [0, 0.05) is 18.7 Å². The van der Waals surface area contributed by atoms with Crippen LogP contribution in [0.4, 0.5) is 10.1 Å². The summed E-state index contributed by atoms with van der Waals surface area (Å²) < 4.78 is 13.6. The number of thiol groups is 1. The number of anilines is 1. The highest BCUT2D eigenvalue weighted by Crippen LogP contribution is 2.40.